The maximum absolute atomic E-state index is 13.2. The molecule has 1 atom stereocenters. The van der Waals surface area contributed by atoms with Gasteiger partial charge in [0.15, 0.2) is 0 Å². The predicted octanol–water partition coefficient (Wildman–Crippen LogP) is 4.73. The molecule has 0 aliphatic heterocycles. The van der Waals surface area contributed by atoms with Gasteiger partial charge in [0.05, 0.1) is 16.9 Å². The van der Waals surface area contributed by atoms with Crippen LogP contribution in [0.2, 0.25) is 0 Å². The lowest BCUT2D eigenvalue weighted by atomic mass is 10.1. The molecule has 30 heavy (non-hydrogen) atoms. The first-order chi connectivity index (χ1) is 14.6. The predicted molar refractivity (Wildman–Crippen MR) is 122 cm³/mol. The van der Waals surface area contributed by atoms with E-state index in [1.807, 2.05) is 66.4 Å². The first-order valence-corrected chi connectivity index (χ1v) is 10.6. The summed E-state index contributed by atoms with van der Waals surface area (Å²) in [5, 5.41) is 0.592. The normalized spacial score (nSPS) is 12.4. The number of aromatic nitrogens is 2. The van der Waals surface area contributed by atoms with Crippen LogP contribution in [0.3, 0.4) is 0 Å². The Morgan fingerprint density at radius 1 is 1.10 bits per heavy atom. The second kappa shape index (κ2) is 10.0. The molecule has 3 rings (SSSR count). The number of carbonyl (C=O) groups excluding carboxylic acids is 1. The van der Waals surface area contributed by atoms with E-state index < -0.39 is 0 Å². The summed E-state index contributed by atoms with van der Waals surface area (Å²) < 4.78 is 1.59. The van der Waals surface area contributed by atoms with E-state index in [0.29, 0.717) is 29.7 Å². The van der Waals surface area contributed by atoms with Crippen LogP contribution >= 0.6 is 0 Å². The summed E-state index contributed by atoms with van der Waals surface area (Å²) in [6.45, 7) is 4.75. The Hall–Kier alpha value is -3.21. The molecule has 0 aliphatic rings. The molecule has 0 radical (unpaired) electrons. The first-order valence-electron chi connectivity index (χ1n) is 10.6. The summed E-state index contributed by atoms with van der Waals surface area (Å²) in [5.41, 5.74) is 1.55. The number of rotatable bonds is 8. The number of hydrogen-bond donors (Lipinski definition) is 0. The van der Waals surface area contributed by atoms with Gasteiger partial charge in [-0.3, -0.25) is 14.2 Å². The van der Waals surface area contributed by atoms with Crippen molar-refractivity contribution >= 4 is 22.9 Å². The van der Waals surface area contributed by atoms with Gasteiger partial charge in [0, 0.05) is 19.7 Å². The second-order valence-corrected chi connectivity index (χ2v) is 7.40. The van der Waals surface area contributed by atoms with Crippen LogP contribution in [0.25, 0.3) is 17.0 Å². The van der Waals surface area contributed by atoms with Crippen molar-refractivity contribution in [3.63, 3.8) is 0 Å². The van der Waals surface area contributed by atoms with Crippen LogP contribution < -0.4 is 5.56 Å². The molecule has 3 aromatic rings. The fourth-order valence-electron chi connectivity index (χ4n) is 3.65. The zero-order valence-corrected chi connectivity index (χ0v) is 17.9. The average Bonchev–Trinajstić information content (AvgIpc) is 2.78. The molecule has 0 unspecified atom stereocenters. The van der Waals surface area contributed by atoms with Gasteiger partial charge in [-0.25, -0.2) is 4.98 Å². The van der Waals surface area contributed by atoms with Crippen molar-refractivity contribution < 1.29 is 4.79 Å². The lowest BCUT2D eigenvalue weighted by Crippen LogP contribution is -2.38. The van der Waals surface area contributed by atoms with E-state index >= 15 is 0 Å². The zero-order valence-electron chi connectivity index (χ0n) is 17.9. The van der Waals surface area contributed by atoms with Gasteiger partial charge >= 0.3 is 0 Å². The molecule has 0 fully saturated rings. The highest BCUT2D eigenvalue weighted by atomic mass is 16.2. The molecule has 1 heterocycles. The molecule has 0 spiro atoms. The summed E-state index contributed by atoms with van der Waals surface area (Å²) in [4.78, 5) is 32.7. The van der Waals surface area contributed by atoms with E-state index in [4.69, 9.17) is 4.98 Å². The van der Waals surface area contributed by atoms with Gasteiger partial charge in [0.25, 0.3) is 5.56 Å². The monoisotopic (exact) mass is 403 g/mol. The Kier molecular flexibility index (Phi) is 7.17. The highest BCUT2D eigenvalue weighted by molar-refractivity contribution is 5.92. The third-order valence-electron chi connectivity index (χ3n) is 5.33. The number of nitrogens with zero attached hydrogens (tertiary/aromatic N) is 3. The number of unbranched alkanes of at least 4 members (excludes halogenated alkanes) is 1. The topological polar surface area (TPSA) is 55.2 Å². The van der Waals surface area contributed by atoms with Gasteiger partial charge in [-0.2, -0.15) is 0 Å². The maximum atomic E-state index is 13.2. The van der Waals surface area contributed by atoms with Crippen molar-refractivity contribution in [1.82, 2.24) is 14.5 Å². The molecule has 1 amide bonds. The van der Waals surface area contributed by atoms with Gasteiger partial charge in [-0.15, -0.1) is 0 Å². The Morgan fingerprint density at radius 3 is 2.50 bits per heavy atom. The van der Waals surface area contributed by atoms with Crippen molar-refractivity contribution in [2.45, 2.75) is 39.2 Å². The molecule has 0 bridgehead atoms. The maximum Gasteiger partial charge on any atom is 0.261 e. The number of carbonyl (C=O) groups is 1. The van der Waals surface area contributed by atoms with Crippen molar-refractivity contribution in [3.05, 3.63) is 82.4 Å². The van der Waals surface area contributed by atoms with Crippen molar-refractivity contribution in [2.75, 3.05) is 6.54 Å². The summed E-state index contributed by atoms with van der Waals surface area (Å²) in [7, 11) is 1.74. The van der Waals surface area contributed by atoms with E-state index in [2.05, 4.69) is 6.92 Å². The third-order valence-corrected chi connectivity index (χ3v) is 5.33. The largest absolute Gasteiger partial charge is 0.329 e. The molecule has 0 saturated carbocycles. The van der Waals surface area contributed by atoms with E-state index in [-0.39, 0.29) is 17.5 Å². The Balaban J connectivity index is 2.00. The molecule has 5 heteroatoms. The molecule has 1 aromatic heterocycles. The minimum atomic E-state index is -0.272. The molecule has 0 N–H and O–H groups in total. The van der Waals surface area contributed by atoms with Crippen LogP contribution in [-0.2, 0) is 11.8 Å². The van der Waals surface area contributed by atoms with E-state index in [1.165, 1.54) is 0 Å². The van der Waals surface area contributed by atoms with Gasteiger partial charge < -0.3 is 4.90 Å². The lowest BCUT2D eigenvalue weighted by molar-refractivity contribution is -0.128. The Bertz CT molecular complexity index is 1090. The Morgan fingerprint density at radius 2 is 1.80 bits per heavy atom. The quantitative estimate of drug-likeness (QED) is 0.511. The molecule has 2 aromatic carbocycles. The third kappa shape index (κ3) is 4.67. The number of amides is 1. The smallest absolute Gasteiger partial charge is 0.261 e. The summed E-state index contributed by atoms with van der Waals surface area (Å²) >= 11 is 0. The van der Waals surface area contributed by atoms with Gasteiger partial charge in [0.2, 0.25) is 5.91 Å². The highest BCUT2D eigenvalue weighted by Gasteiger charge is 2.26. The minimum Gasteiger partial charge on any atom is -0.329 e. The van der Waals surface area contributed by atoms with Crippen LogP contribution in [-0.4, -0.2) is 26.9 Å². The van der Waals surface area contributed by atoms with E-state index in [0.717, 1.165) is 18.4 Å². The van der Waals surface area contributed by atoms with Crippen LogP contribution in [0.1, 0.15) is 50.5 Å². The van der Waals surface area contributed by atoms with E-state index in [1.54, 1.807) is 23.8 Å². The molecular weight excluding hydrogens is 374 g/mol. The van der Waals surface area contributed by atoms with Crippen LogP contribution in [0.5, 0.6) is 0 Å². The molecule has 5 nitrogen and oxygen atoms in total. The number of fused-ring (bicyclic) bond motifs is 1. The SMILES string of the molecule is CCCCN(C(=O)/C=C/c1ccccc1)[C@@H](CC)c1nc2ccccc2c(=O)n1C. The van der Waals surface area contributed by atoms with Crippen LogP contribution in [0.15, 0.2) is 65.5 Å². The number of para-hydroxylation sites is 1. The molecule has 156 valence electrons. The molecule has 0 aliphatic carbocycles. The number of hydrogen-bond acceptors (Lipinski definition) is 3. The number of benzene rings is 2. The standard InChI is InChI=1S/C25H29N3O2/c1-4-6-18-28(23(29)17-16-19-12-8-7-9-13-19)22(5-2)24-26-21-15-11-10-14-20(21)25(30)27(24)3/h7-17,22H,4-6,18H2,1-3H3/b17-16+/t22-/m0/s1. The van der Waals surface area contributed by atoms with Gasteiger partial charge in [0.1, 0.15) is 5.82 Å². The zero-order chi connectivity index (χ0) is 21.5. The first kappa shape index (κ1) is 21.5. The molecular formula is C25H29N3O2. The average molecular weight is 404 g/mol. The fraction of sp³-hybridized carbons (Fsp3) is 0.320. The van der Waals surface area contributed by atoms with Crippen molar-refractivity contribution in [1.29, 1.82) is 0 Å². The van der Waals surface area contributed by atoms with Crippen molar-refractivity contribution in [2.24, 2.45) is 7.05 Å². The molecule has 0 saturated heterocycles. The summed E-state index contributed by atoms with van der Waals surface area (Å²) in [5.74, 6) is 0.556. The Labute approximate surface area is 177 Å². The lowest BCUT2D eigenvalue weighted by Gasteiger charge is -2.31. The summed E-state index contributed by atoms with van der Waals surface area (Å²) in [6.07, 6.45) is 6.00. The fourth-order valence-corrected chi connectivity index (χ4v) is 3.65. The van der Waals surface area contributed by atoms with E-state index in [9.17, 15) is 9.59 Å². The van der Waals surface area contributed by atoms with Crippen LogP contribution in [0.4, 0.5) is 0 Å². The highest BCUT2D eigenvalue weighted by Crippen LogP contribution is 2.24. The van der Waals surface area contributed by atoms with Crippen molar-refractivity contribution in [3.8, 4) is 0 Å². The minimum absolute atomic E-state index is 0.0680. The van der Waals surface area contributed by atoms with Gasteiger partial charge in [-0.05, 0) is 36.6 Å². The second-order valence-electron chi connectivity index (χ2n) is 7.40. The summed E-state index contributed by atoms with van der Waals surface area (Å²) in [6, 6.07) is 16.9. The van der Waals surface area contributed by atoms with Gasteiger partial charge in [-0.1, -0.05) is 62.7 Å². The van der Waals surface area contributed by atoms with Crippen LogP contribution in [0, 0.1) is 0 Å².